The first-order valence-electron chi connectivity index (χ1n) is 6.26. The topological polar surface area (TPSA) is 29.5 Å². The van der Waals surface area contributed by atoms with Gasteiger partial charge in [-0.3, -0.25) is 0 Å². The molecule has 0 aromatic heterocycles. The number of rotatable bonds is 4. The lowest BCUT2D eigenvalue weighted by atomic mass is 9.87. The van der Waals surface area contributed by atoms with Crippen molar-refractivity contribution in [1.82, 2.24) is 0 Å². The summed E-state index contributed by atoms with van der Waals surface area (Å²) in [5, 5.41) is 10.8. The summed E-state index contributed by atoms with van der Waals surface area (Å²) in [5.74, 6) is 0.317. The summed E-state index contributed by atoms with van der Waals surface area (Å²) in [6, 6.07) is 13.2. The molecule has 0 saturated heterocycles. The molecule has 0 aliphatic heterocycles. The Balaban J connectivity index is 2.46. The molecule has 1 atom stereocenters. The van der Waals surface area contributed by atoms with E-state index in [1.807, 2.05) is 31.2 Å². The second-order valence-corrected chi connectivity index (χ2v) is 4.51. The number of ether oxygens (including phenoxy) is 1. The fourth-order valence-electron chi connectivity index (χ4n) is 2.08. The number of benzene rings is 2. The normalized spacial score (nSPS) is 13.9. The average Bonchev–Trinajstić information content (AvgIpc) is 2.40. The van der Waals surface area contributed by atoms with E-state index in [2.05, 4.69) is 0 Å². The third-order valence-electron chi connectivity index (χ3n) is 3.12. The van der Waals surface area contributed by atoms with Gasteiger partial charge in [-0.2, -0.15) is 0 Å². The highest BCUT2D eigenvalue weighted by Gasteiger charge is 2.28. The van der Waals surface area contributed by atoms with Gasteiger partial charge in [0.25, 0.3) is 0 Å². The Labute approximate surface area is 112 Å². The predicted octanol–water partition coefficient (Wildman–Crippen LogP) is 3.48. The van der Waals surface area contributed by atoms with Gasteiger partial charge in [-0.05, 0) is 37.6 Å². The molecule has 0 heterocycles. The highest BCUT2D eigenvalue weighted by Crippen LogP contribution is 2.35. The quantitative estimate of drug-likeness (QED) is 0.912. The van der Waals surface area contributed by atoms with Crippen LogP contribution in [0.2, 0.25) is 0 Å². The van der Waals surface area contributed by atoms with Gasteiger partial charge >= 0.3 is 0 Å². The lowest BCUT2D eigenvalue weighted by Gasteiger charge is -2.26. The summed E-state index contributed by atoms with van der Waals surface area (Å²) in [6.45, 7) is 4.10. The van der Waals surface area contributed by atoms with Crippen molar-refractivity contribution in [3.05, 3.63) is 65.5 Å². The molecule has 0 saturated carbocycles. The molecular weight excluding hydrogens is 243 g/mol. The molecule has 0 aliphatic carbocycles. The van der Waals surface area contributed by atoms with E-state index in [0.717, 1.165) is 0 Å². The van der Waals surface area contributed by atoms with Crippen molar-refractivity contribution in [3.8, 4) is 5.75 Å². The van der Waals surface area contributed by atoms with Crippen molar-refractivity contribution in [2.45, 2.75) is 19.4 Å². The maximum absolute atomic E-state index is 13.0. The molecule has 0 bridgehead atoms. The van der Waals surface area contributed by atoms with Crippen LogP contribution in [0.1, 0.15) is 25.0 Å². The molecule has 19 heavy (non-hydrogen) atoms. The Morgan fingerprint density at radius 2 is 1.74 bits per heavy atom. The molecule has 0 amide bonds. The standard InChI is InChI=1S/C16H17FO2/c1-3-19-15-7-5-4-6-14(15)16(2,18)12-8-10-13(17)11-9-12/h4-11,18H,3H2,1-2H3. The minimum absolute atomic E-state index is 0.322. The molecule has 0 fully saturated rings. The Kier molecular flexibility index (Phi) is 3.86. The van der Waals surface area contributed by atoms with Crippen LogP contribution in [-0.4, -0.2) is 11.7 Å². The van der Waals surface area contributed by atoms with E-state index in [0.29, 0.717) is 23.5 Å². The van der Waals surface area contributed by atoms with Crippen LogP contribution in [-0.2, 0) is 5.60 Å². The van der Waals surface area contributed by atoms with Gasteiger partial charge in [-0.25, -0.2) is 4.39 Å². The molecule has 2 nitrogen and oxygen atoms in total. The largest absolute Gasteiger partial charge is 0.493 e. The zero-order valence-corrected chi connectivity index (χ0v) is 11.1. The van der Waals surface area contributed by atoms with Gasteiger partial charge < -0.3 is 9.84 Å². The van der Waals surface area contributed by atoms with Crippen molar-refractivity contribution in [3.63, 3.8) is 0 Å². The molecule has 1 unspecified atom stereocenters. The van der Waals surface area contributed by atoms with E-state index in [1.54, 1.807) is 19.1 Å². The molecule has 0 spiro atoms. The maximum Gasteiger partial charge on any atom is 0.125 e. The molecule has 1 N–H and O–H groups in total. The van der Waals surface area contributed by atoms with Gasteiger partial charge in [-0.1, -0.05) is 30.3 Å². The van der Waals surface area contributed by atoms with Crippen molar-refractivity contribution in [2.75, 3.05) is 6.61 Å². The van der Waals surface area contributed by atoms with Crippen LogP contribution in [0.15, 0.2) is 48.5 Å². The van der Waals surface area contributed by atoms with Gasteiger partial charge in [0.2, 0.25) is 0 Å². The minimum Gasteiger partial charge on any atom is -0.493 e. The first-order chi connectivity index (χ1) is 9.05. The third-order valence-corrected chi connectivity index (χ3v) is 3.12. The smallest absolute Gasteiger partial charge is 0.125 e. The fraction of sp³-hybridized carbons (Fsp3) is 0.250. The number of hydrogen-bond donors (Lipinski definition) is 1. The van der Waals surface area contributed by atoms with Crippen molar-refractivity contribution < 1.29 is 14.2 Å². The lowest BCUT2D eigenvalue weighted by molar-refractivity contribution is 0.0980. The summed E-state index contributed by atoms with van der Waals surface area (Å²) in [4.78, 5) is 0. The molecule has 2 aromatic rings. The Hall–Kier alpha value is -1.87. The summed E-state index contributed by atoms with van der Waals surface area (Å²) >= 11 is 0. The van der Waals surface area contributed by atoms with Crippen LogP contribution in [0.4, 0.5) is 4.39 Å². The second-order valence-electron chi connectivity index (χ2n) is 4.51. The van der Waals surface area contributed by atoms with E-state index in [-0.39, 0.29) is 5.82 Å². The average molecular weight is 260 g/mol. The first kappa shape index (κ1) is 13.6. The predicted molar refractivity (Wildman–Crippen MR) is 72.7 cm³/mol. The summed E-state index contributed by atoms with van der Waals surface area (Å²) in [7, 11) is 0. The molecule has 2 rings (SSSR count). The van der Waals surface area contributed by atoms with Crippen LogP contribution in [0.5, 0.6) is 5.75 Å². The van der Waals surface area contributed by atoms with Crippen molar-refractivity contribution >= 4 is 0 Å². The van der Waals surface area contributed by atoms with Gasteiger partial charge in [0.15, 0.2) is 0 Å². The molecule has 2 aromatic carbocycles. The fourth-order valence-corrected chi connectivity index (χ4v) is 2.08. The van der Waals surface area contributed by atoms with Gasteiger partial charge in [0, 0.05) is 5.56 Å². The van der Waals surface area contributed by atoms with Crippen LogP contribution < -0.4 is 4.74 Å². The van der Waals surface area contributed by atoms with Crippen LogP contribution in [0, 0.1) is 5.82 Å². The first-order valence-corrected chi connectivity index (χ1v) is 6.26. The van der Waals surface area contributed by atoms with Crippen molar-refractivity contribution in [2.24, 2.45) is 0 Å². The number of aliphatic hydroxyl groups is 1. The number of hydrogen-bond acceptors (Lipinski definition) is 2. The van der Waals surface area contributed by atoms with Crippen LogP contribution >= 0.6 is 0 Å². The molecular formula is C16H17FO2. The van der Waals surface area contributed by atoms with Crippen LogP contribution in [0.3, 0.4) is 0 Å². The van der Waals surface area contributed by atoms with E-state index in [1.165, 1.54) is 12.1 Å². The molecule has 0 aliphatic rings. The summed E-state index contributed by atoms with van der Waals surface area (Å²) < 4.78 is 18.5. The van der Waals surface area contributed by atoms with E-state index in [4.69, 9.17) is 4.74 Å². The van der Waals surface area contributed by atoms with E-state index < -0.39 is 5.60 Å². The third kappa shape index (κ3) is 2.76. The van der Waals surface area contributed by atoms with Crippen LogP contribution in [0.25, 0.3) is 0 Å². The highest BCUT2D eigenvalue weighted by atomic mass is 19.1. The Morgan fingerprint density at radius 3 is 2.37 bits per heavy atom. The number of para-hydroxylation sites is 1. The Bertz CT molecular complexity index is 547. The maximum atomic E-state index is 13.0. The van der Waals surface area contributed by atoms with E-state index in [9.17, 15) is 9.50 Å². The summed E-state index contributed by atoms with van der Waals surface area (Å²) in [5.41, 5.74) is 0.0731. The van der Waals surface area contributed by atoms with Gasteiger partial charge in [0.1, 0.15) is 17.2 Å². The van der Waals surface area contributed by atoms with E-state index >= 15 is 0 Å². The second kappa shape index (κ2) is 5.41. The monoisotopic (exact) mass is 260 g/mol. The minimum atomic E-state index is -1.22. The van der Waals surface area contributed by atoms with Gasteiger partial charge in [-0.15, -0.1) is 0 Å². The molecule has 100 valence electrons. The van der Waals surface area contributed by atoms with Crippen molar-refractivity contribution in [1.29, 1.82) is 0 Å². The number of halogens is 1. The zero-order valence-electron chi connectivity index (χ0n) is 11.1. The zero-order chi connectivity index (χ0) is 13.9. The van der Waals surface area contributed by atoms with Gasteiger partial charge in [0.05, 0.1) is 6.61 Å². The SMILES string of the molecule is CCOc1ccccc1C(C)(O)c1ccc(F)cc1. The molecule has 0 radical (unpaired) electrons. The lowest BCUT2D eigenvalue weighted by Crippen LogP contribution is -2.23. The highest BCUT2D eigenvalue weighted by molar-refractivity contribution is 5.44. The summed E-state index contributed by atoms with van der Waals surface area (Å²) in [6.07, 6.45) is 0. The molecule has 3 heteroatoms. The Morgan fingerprint density at radius 1 is 1.11 bits per heavy atom.